The molecule has 8 rings (SSSR count). The number of ketones is 1. The number of carbonyl (C=O) groups is 4. The topological polar surface area (TPSA) is 346 Å². The highest BCUT2D eigenvalue weighted by atomic mass is 16.8. The van der Waals surface area contributed by atoms with E-state index in [-0.39, 0.29) is 23.0 Å². The van der Waals surface area contributed by atoms with Gasteiger partial charge in [0.1, 0.15) is 61.0 Å². The average Bonchev–Trinajstić information content (AvgIpc) is 3.27. The fourth-order valence-corrected chi connectivity index (χ4v) is 14.8. The molecule has 11 N–H and O–H groups in total. The van der Waals surface area contributed by atoms with Gasteiger partial charge in [-0.15, -0.1) is 0 Å². The maximum absolute atomic E-state index is 15.2. The first-order chi connectivity index (χ1) is 32.0. The number of carboxylic acids is 2. The molecule has 24 atom stereocenters. The standard InChI is InChI=1S/C48H72O21/c1-43(2)23-8-11-48(7)36(21(50)16-19-20-17-45(4,13-12-44(20,3)14-15-47(19,48)6)42(63)69-39-31(57)26(52)25(51)22(18-49)64-39)46(23,5)10-9-24(43)65-41-35(30(56)29(55)34(67-41)38(61)62)68-40-32(58)27(53)28(54)33(66-40)37(59)60/h16,20,22-36,39-41,49,51-58H,8-15,17-18H2,1-7H3,(H,59,60)(H,61,62)/t20-,22+,23?,24-,25+,26+,27+,28-,29-,30+,31+,32+,33-,34-,35+,36?,39-,40-,41+,44+,45?,46-,47?,48+/m0/s1. The molecule has 69 heavy (non-hydrogen) atoms. The van der Waals surface area contributed by atoms with Gasteiger partial charge in [0.25, 0.3) is 0 Å². The van der Waals surface area contributed by atoms with Crippen molar-refractivity contribution in [1.29, 1.82) is 0 Å². The minimum absolute atomic E-state index is 0.0173. The smallest absolute Gasteiger partial charge is 0.335 e. The Labute approximate surface area is 399 Å². The van der Waals surface area contributed by atoms with Gasteiger partial charge in [0.2, 0.25) is 6.29 Å². The summed E-state index contributed by atoms with van der Waals surface area (Å²) in [4.78, 5) is 53.4. The van der Waals surface area contributed by atoms with Gasteiger partial charge in [-0.3, -0.25) is 9.59 Å². The molecule has 4 unspecified atom stereocenters. The van der Waals surface area contributed by atoms with E-state index in [0.29, 0.717) is 44.9 Å². The van der Waals surface area contributed by atoms with E-state index in [2.05, 4.69) is 27.7 Å². The largest absolute Gasteiger partial charge is 0.479 e. The van der Waals surface area contributed by atoms with Crippen molar-refractivity contribution in [2.45, 2.75) is 204 Å². The van der Waals surface area contributed by atoms with Crippen LogP contribution in [0.3, 0.4) is 0 Å². The van der Waals surface area contributed by atoms with Crippen molar-refractivity contribution in [1.82, 2.24) is 0 Å². The van der Waals surface area contributed by atoms with Gasteiger partial charge in [-0.2, -0.15) is 0 Å². The van der Waals surface area contributed by atoms with Crippen LogP contribution < -0.4 is 0 Å². The SMILES string of the molecule is CC1(C(=O)O[C@@H]2O[C@H](CO)[C@@H](O)[C@@H](O)[C@H]2O)CC[C@]2(C)CCC3(C)C(=CC(=O)C4[C@@]5(C)CC[C@H](O[C@@H]6O[C@H](C(=O)O)[C@@H](O)[C@@H](O)[C@H]6O[C@@H]6O[C@H](C(=O)O)[C@@H](O)[C@@H](O)[C@H]6O)C(C)(C)C5CC[C@]43C)[C@@H]2C1. The molecule has 21 nitrogen and oxygen atoms in total. The lowest BCUT2D eigenvalue weighted by Crippen LogP contribution is -2.68. The van der Waals surface area contributed by atoms with E-state index >= 15 is 4.79 Å². The number of aliphatic hydroxyl groups excluding tert-OH is 9. The van der Waals surface area contributed by atoms with Gasteiger partial charge in [-0.1, -0.05) is 47.1 Å². The van der Waals surface area contributed by atoms with E-state index in [4.69, 9.17) is 28.4 Å². The number of carbonyl (C=O) groups excluding carboxylic acids is 2. The molecule has 21 heteroatoms. The third kappa shape index (κ3) is 8.13. The number of allylic oxidation sites excluding steroid dienone is 2. The molecular formula is C48H72O21. The van der Waals surface area contributed by atoms with Crippen LogP contribution in [0.2, 0.25) is 0 Å². The van der Waals surface area contributed by atoms with Crippen molar-refractivity contribution in [3.05, 3.63) is 11.6 Å². The number of hydrogen-bond acceptors (Lipinski definition) is 19. The van der Waals surface area contributed by atoms with E-state index in [0.717, 1.165) is 18.4 Å². The quantitative estimate of drug-likeness (QED) is 0.102. The Kier molecular flexibility index (Phi) is 13.7. The summed E-state index contributed by atoms with van der Waals surface area (Å²) in [7, 11) is 0. The van der Waals surface area contributed by atoms with E-state index in [1.54, 1.807) is 6.92 Å². The lowest BCUT2D eigenvalue weighted by molar-refractivity contribution is -0.371. The molecule has 7 fully saturated rings. The second-order valence-corrected chi connectivity index (χ2v) is 23.4. The van der Waals surface area contributed by atoms with Crippen LogP contribution in [-0.4, -0.2) is 185 Å². The van der Waals surface area contributed by atoms with Gasteiger partial charge in [-0.05, 0) is 110 Å². The monoisotopic (exact) mass is 984 g/mol. The summed E-state index contributed by atoms with van der Waals surface area (Å²) in [5, 5.41) is 114. The molecule has 5 aliphatic carbocycles. The normalized spacial score (nSPS) is 52.8. The fraction of sp³-hybridized carbons (Fsp3) is 0.875. The van der Waals surface area contributed by atoms with Crippen molar-refractivity contribution in [2.75, 3.05) is 6.61 Å². The van der Waals surface area contributed by atoms with Crippen LogP contribution >= 0.6 is 0 Å². The lowest BCUT2D eigenvalue weighted by atomic mass is 9.33. The number of fused-ring (bicyclic) bond motifs is 7. The van der Waals surface area contributed by atoms with Crippen LogP contribution in [-0.2, 0) is 47.6 Å². The average molecular weight is 985 g/mol. The van der Waals surface area contributed by atoms with Gasteiger partial charge < -0.3 is 84.6 Å². The van der Waals surface area contributed by atoms with Crippen molar-refractivity contribution >= 4 is 23.7 Å². The predicted octanol–water partition coefficient (Wildman–Crippen LogP) is -0.496. The zero-order valence-corrected chi connectivity index (χ0v) is 40.1. The summed E-state index contributed by atoms with van der Waals surface area (Å²) in [6.45, 7) is 13.9. The van der Waals surface area contributed by atoms with Gasteiger partial charge in [-0.25, -0.2) is 9.59 Å². The molecule has 0 aromatic carbocycles. The molecule has 0 aromatic rings. The maximum atomic E-state index is 15.2. The Morgan fingerprint density at radius 1 is 0.652 bits per heavy atom. The fourth-order valence-electron chi connectivity index (χ4n) is 14.8. The minimum atomic E-state index is -2.08. The number of ether oxygens (including phenoxy) is 6. The number of esters is 1. The van der Waals surface area contributed by atoms with E-state index in [9.17, 15) is 70.6 Å². The first-order valence-corrected chi connectivity index (χ1v) is 24.3. The Morgan fingerprint density at radius 3 is 1.86 bits per heavy atom. The number of carboxylic acid groups (broad SMARTS) is 2. The third-order valence-electron chi connectivity index (χ3n) is 19.3. The summed E-state index contributed by atoms with van der Waals surface area (Å²) in [6.07, 6.45) is -21.6. The first kappa shape index (κ1) is 52.6. The van der Waals surface area contributed by atoms with Crippen molar-refractivity contribution < 1.29 is 104 Å². The molecule has 0 radical (unpaired) electrons. The first-order valence-electron chi connectivity index (χ1n) is 24.3. The number of hydrogen-bond donors (Lipinski definition) is 11. The molecule has 0 bridgehead atoms. The maximum Gasteiger partial charge on any atom is 0.335 e. The predicted molar refractivity (Wildman–Crippen MR) is 232 cm³/mol. The summed E-state index contributed by atoms with van der Waals surface area (Å²) in [6, 6.07) is 0. The van der Waals surface area contributed by atoms with Crippen LogP contribution in [0.5, 0.6) is 0 Å². The molecule has 8 aliphatic rings. The molecule has 390 valence electrons. The van der Waals surface area contributed by atoms with Gasteiger partial charge in [0.15, 0.2) is 30.6 Å². The van der Waals surface area contributed by atoms with Gasteiger partial charge in [0, 0.05) is 5.92 Å². The zero-order valence-electron chi connectivity index (χ0n) is 40.1. The van der Waals surface area contributed by atoms with Crippen LogP contribution in [0.15, 0.2) is 11.6 Å². The summed E-state index contributed by atoms with van der Waals surface area (Å²) in [5.74, 6) is -4.80. The molecule has 3 saturated heterocycles. The second-order valence-electron chi connectivity index (χ2n) is 23.4. The van der Waals surface area contributed by atoms with Crippen molar-refractivity contribution in [3.8, 4) is 0 Å². The highest BCUT2D eigenvalue weighted by Crippen LogP contribution is 2.75. The molecule has 3 heterocycles. The Balaban J connectivity index is 1.04. The van der Waals surface area contributed by atoms with Crippen molar-refractivity contribution in [3.63, 3.8) is 0 Å². The van der Waals surface area contributed by atoms with Gasteiger partial charge >= 0.3 is 17.9 Å². The molecular weight excluding hydrogens is 913 g/mol. The van der Waals surface area contributed by atoms with E-state index in [1.807, 2.05) is 19.9 Å². The van der Waals surface area contributed by atoms with Crippen LogP contribution in [0.4, 0.5) is 0 Å². The highest BCUT2D eigenvalue weighted by molar-refractivity contribution is 5.95. The van der Waals surface area contributed by atoms with Crippen LogP contribution in [0.25, 0.3) is 0 Å². The Bertz CT molecular complexity index is 2050. The molecule has 3 aliphatic heterocycles. The summed E-state index contributed by atoms with van der Waals surface area (Å²) in [5.41, 5.74) is -2.69. The van der Waals surface area contributed by atoms with Crippen molar-refractivity contribution in [2.24, 2.45) is 50.2 Å². The van der Waals surface area contributed by atoms with E-state index < -0.39 is 156 Å². The summed E-state index contributed by atoms with van der Waals surface area (Å²) >= 11 is 0. The lowest BCUT2D eigenvalue weighted by Gasteiger charge is -2.70. The highest BCUT2D eigenvalue weighted by Gasteiger charge is 2.71. The number of aliphatic carboxylic acids is 2. The van der Waals surface area contributed by atoms with Crippen LogP contribution in [0.1, 0.15) is 106 Å². The van der Waals surface area contributed by atoms with Gasteiger partial charge in [0.05, 0.1) is 18.1 Å². The van der Waals surface area contributed by atoms with E-state index in [1.165, 1.54) is 0 Å². The number of aliphatic hydroxyl groups is 9. The number of rotatable bonds is 9. The molecule has 0 spiro atoms. The Morgan fingerprint density at radius 2 is 1.23 bits per heavy atom. The zero-order chi connectivity index (χ0) is 50.9. The molecule has 0 aromatic heterocycles. The third-order valence-corrected chi connectivity index (χ3v) is 19.3. The summed E-state index contributed by atoms with van der Waals surface area (Å²) < 4.78 is 34.7. The minimum Gasteiger partial charge on any atom is -0.479 e. The molecule has 4 saturated carbocycles. The van der Waals surface area contributed by atoms with Crippen LogP contribution in [0, 0.1) is 50.2 Å². The Hall–Kier alpha value is -2.74. The molecule has 0 amide bonds. The second kappa shape index (κ2) is 18.0.